The number of unbranched alkanes of at least 4 members (excludes halogenated alkanes) is 1. The van der Waals surface area contributed by atoms with Crippen LogP contribution in [-0.2, 0) is 4.79 Å². The van der Waals surface area contributed by atoms with Gasteiger partial charge in [-0.2, -0.15) is 0 Å². The molecular weight excluding hydrogens is 164 g/mol. The fraction of sp³-hybridized carbons (Fsp3) is 0.900. The summed E-state index contributed by atoms with van der Waals surface area (Å²) in [6.07, 6.45) is 3.55. The highest BCUT2D eigenvalue weighted by Gasteiger charge is 2.11. The van der Waals surface area contributed by atoms with Crippen LogP contribution in [0.2, 0.25) is 0 Å². The Hall–Kier alpha value is -0.570. The molecule has 0 heterocycles. The molecule has 0 fully saturated rings. The van der Waals surface area contributed by atoms with Crippen molar-refractivity contribution in [3.63, 3.8) is 0 Å². The van der Waals surface area contributed by atoms with Crippen molar-refractivity contribution >= 4 is 5.91 Å². The average molecular weight is 186 g/mol. The van der Waals surface area contributed by atoms with Crippen LogP contribution in [0, 0.1) is 0 Å². The smallest absolute Gasteiger partial charge is 0.223 e. The Morgan fingerprint density at radius 2 is 2.08 bits per heavy atom. The number of nitrogens with zero attached hydrogens (tertiary/aromatic N) is 1. The first-order chi connectivity index (χ1) is 6.11. The number of rotatable bonds is 6. The largest absolute Gasteiger partial charge is 0.346 e. The Morgan fingerprint density at radius 3 is 2.54 bits per heavy atom. The van der Waals surface area contributed by atoms with Gasteiger partial charge in [0.1, 0.15) is 0 Å². The molecule has 0 aliphatic rings. The lowest BCUT2D eigenvalue weighted by Gasteiger charge is -2.18. The van der Waals surface area contributed by atoms with Gasteiger partial charge in [-0.3, -0.25) is 4.79 Å². The van der Waals surface area contributed by atoms with Gasteiger partial charge >= 0.3 is 0 Å². The minimum Gasteiger partial charge on any atom is -0.346 e. The molecule has 0 aromatic rings. The number of nitrogens with two attached hydrogens (primary N) is 1. The van der Waals surface area contributed by atoms with Crippen LogP contribution in [0.3, 0.4) is 0 Å². The minimum absolute atomic E-state index is 0.0246. The van der Waals surface area contributed by atoms with Crippen molar-refractivity contribution < 1.29 is 4.79 Å². The third kappa shape index (κ3) is 5.64. The molecule has 0 aromatic carbocycles. The predicted molar refractivity (Wildman–Crippen MR) is 55.4 cm³/mol. The monoisotopic (exact) mass is 186 g/mol. The summed E-state index contributed by atoms with van der Waals surface area (Å²) in [5.41, 5.74) is 5.69. The molecule has 0 aromatic heterocycles. The van der Waals surface area contributed by atoms with E-state index in [0.29, 0.717) is 6.42 Å². The zero-order valence-corrected chi connectivity index (χ0v) is 9.05. The Labute approximate surface area is 81.3 Å². The van der Waals surface area contributed by atoms with Gasteiger partial charge in [0.05, 0.1) is 0 Å². The molecule has 0 spiro atoms. The fourth-order valence-corrected chi connectivity index (χ4v) is 1.04. The molecule has 78 valence electrons. The van der Waals surface area contributed by atoms with E-state index in [1.165, 1.54) is 0 Å². The standard InChI is InChI=1S/C10H22N2O/c1-4-6-7-12(3)10(13)8-9(11)5-2/h9H,4-8,11H2,1-3H3. The summed E-state index contributed by atoms with van der Waals surface area (Å²) in [5, 5.41) is 0. The second kappa shape index (κ2) is 6.89. The highest BCUT2D eigenvalue weighted by Crippen LogP contribution is 1.99. The molecule has 0 saturated heterocycles. The Balaban J connectivity index is 3.68. The van der Waals surface area contributed by atoms with Gasteiger partial charge < -0.3 is 10.6 Å². The number of carbonyl (C=O) groups excluding carboxylic acids is 1. The molecule has 13 heavy (non-hydrogen) atoms. The SMILES string of the molecule is CCCCN(C)C(=O)CC(N)CC. The van der Waals surface area contributed by atoms with Crippen LogP contribution in [0.25, 0.3) is 0 Å². The van der Waals surface area contributed by atoms with Crippen LogP contribution < -0.4 is 5.73 Å². The summed E-state index contributed by atoms with van der Waals surface area (Å²) in [7, 11) is 1.85. The summed E-state index contributed by atoms with van der Waals surface area (Å²) in [5.74, 6) is 0.169. The molecule has 0 saturated carbocycles. The fourth-order valence-electron chi connectivity index (χ4n) is 1.04. The van der Waals surface area contributed by atoms with Crippen molar-refractivity contribution in [3.8, 4) is 0 Å². The van der Waals surface area contributed by atoms with Crippen molar-refractivity contribution in [3.05, 3.63) is 0 Å². The van der Waals surface area contributed by atoms with Crippen molar-refractivity contribution in [1.29, 1.82) is 0 Å². The number of hydrogen-bond acceptors (Lipinski definition) is 2. The first-order valence-corrected chi connectivity index (χ1v) is 5.11. The maximum Gasteiger partial charge on any atom is 0.223 e. The van der Waals surface area contributed by atoms with Gasteiger partial charge in [-0.05, 0) is 12.8 Å². The van der Waals surface area contributed by atoms with Gasteiger partial charge in [0.25, 0.3) is 0 Å². The molecule has 3 nitrogen and oxygen atoms in total. The van der Waals surface area contributed by atoms with E-state index in [9.17, 15) is 4.79 Å². The molecular formula is C10H22N2O. The third-order valence-corrected chi connectivity index (χ3v) is 2.23. The summed E-state index contributed by atoms with van der Waals surface area (Å²) in [6.45, 7) is 4.98. The van der Waals surface area contributed by atoms with E-state index in [1.807, 2.05) is 14.0 Å². The Morgan fingerprint density at radius 1 is 1.46 bits per heavy atom. The molecule has 1 amide bonds. The van der Waals surface area contributed by atoms with Gasteiger partial charge in [-0.1, -0.05) is 20.3 Å². The summed E-state index contributed by atoms with van der Waals surface area (Å²) in [6, 6.07) is 0.0246. The van der Waals surface area contributed by atoms with Crippen molar-refractivity contribution in [2.75, 3.05) is 13.6 Å². The molecule has 3 heteroatoms. The van der Waals surface area contributed by atoms with Crippen molar-refractivity contribution in [2.24, 2.45) is 5.73 Å². The normalized spacial score (nSPS) is 12.6. The lowest BCUT2D eigenvalue weighted by atomic mass is 10.1. The maximum absolute atomic E-state index is 11.5. The van der Waals surface area contributed by atoms with Crippen LogP contribution in [0.5, 0.6) is 0 Å². The molecule has 0 aliphatic carbocycles. The Bertz CT molecular complexity index is 148. The number of carbonyl (C=O) groups is 1. The van der Waals surface area contributed by atoms with Gasteiger partial charge in [0, 0.05) is 26.1 Å². The van der Waals surface area contributed by atoms with E-state index in [1.54, 1.807) is 4.90 Å². The van der Waals surface area contributed by atoms with Gasteiger partial charge in [-0.25, -0.2) is 0 Å². The van der Waals surface area contributed by atoms with E-state index in [4.69, 9.17) is 5.73 Å². The third-order valence-electron chi connectivity index (χ3n) is 2.23. The highest BCUT2D eigenvalue weighted by atomic mass is 16.2. The molecule has 1 unspecified atom stereocenters. The first kappa shape index (κ1) is 12.4. The maximum atomic E-state index is 11.5. The van der Waals surface area contributed by atoms with Crippen molar-refractivity contribution in [2.45, 2.75) is 45.6 Å². The van der Waals surface area contributed by atoms with E-state index in [0.717, 1.165) is 25.8 Å². The van der Waals surface area contributed by atoms with Crippen LogP contribution in [0.15, 0.2) is 0 Å². The number of hydrogen-bond donors (Lipinski definition) is 1. The lowest BCUT2D eigenvalue weighted by molar-refractivity contribution is -0.130. The summed E-state index contributed by atoms with van der Waals surface area (Å²) in [4.78, 5) is 13.2. The minimum atomic E-state index is 0.0246. The van der Waals surface area contributed by atoms with Gasteiger partial charge in [0.2, 0.25) is 5.91 Å². The van der Waals surface area contributed by atoms with Crippen LogP contribution in [0.4, 0.5) is 0 Å². The molecule has 2 N–H and O–H groups in total. The van der Waals surface area contributed by atoms with E-state index in [2.05, 4.69) is 6.92 Å². The summed E-state index contributed by atoms with van der Waals surface area (Å²) >= 11 is 0. The van der Waals surface area contributed by atoms with Gasteiger partial charge in [0.15, 0.2) is 0 Å². The first-order valence-electron chi connectivity index (χ1n) is 5.11. The average Bonchev–Trinajstić information content (AvgIpc) is 2.13. The molecule has 0 aliphatic heterocycles. The van der Waals surface area contributed by atoms with Crippen LogP contribution >= 0.6 is 0 Å². The second-order valence-electron chi connectivity index (χ2n) is 3.54. The predicted octanol–water partition coefficient (Wildman–Crippen LogP) is 1.37. The Kier molecular flexibility index (Phi) is 6.59. The summed E-state index contributed by atoms with van der Waals surface area (Å²) < 4.78 is 0. The second-order valence-corrected chi connectivity index (χ2v) is 3.54. The topological polar surface area (TPSA) is 46.3 Å². The molecule has 0 rings (SSSR count). The zero-order valence-electron chi connectivity index (χ0n) is 9.05. The lowest BCUT2D eigenvalue weighted by Crippen LogP contribution is -2.33. The molecule has 0 radical (unpaired) electrons. The number of amides is 1. The van der Waals surface area contributed by atoms with Crippen molar-refractivity contribution in [1.82, 2.24) is 4.90 Å². The van der Waals surface area contributed by atoms with Gasteiger partial charge in [-0.15, -0.1) is 0 Å². The highest BCUT2D eigenvalue weighted by molar-refractivity contribution is 5.76. The van der Waals surface area contributed by atoms with Crippen LogP contribution in [0.1, 0.15) is 39.5 Å². The van der Waals surface area contributed by atoms with E-state index < -0.39 is 0 Å². The quantitative estimate of drug-likeness (QED) is 0.681. The van der Waals surface area contributed by atoms with E-state index in [-0.39, 0.29) is 11.9 Å². The van der Waals surface area contributed by atoms with E-state index >= 15 is 0 Å². The van der Waals surface area contributed by atoms with Crippen LogP contribution in [-0.4, -0.2) is 30.4 Å². The molecule has 1 atom stereocenters. The zero-order chi connectivity index (χ0) is 10.3. The molecule has 0 bridgehead atoms.